The summed E-state index contributed by atoms with van der Waals surface area (Å²) in [7, 11) is 3.17. The Hall–Kier alpha value is -2.00. The van der Waals surface area contributed by atoms with Crippen molar-refractivity contribution in [3.8, 4) is 11.5 Å². The number of benzene rings is 2. The van der Waals surface area contributed by atoms with Crippen LogP contribution in [0.15, 0.2) is 47.5 Å². The third-order valence-corrected chi connectivity index (χ3v) is 4.53. The molecule has 0 aliphatic carbocycles. The summed E-state index contributed by atoms with van der Waals surface area (Å²) >= 11 is 0. The first-order chi connectivity index (χ1) is 13.5. The number of nitrogens with one attached hydrogen (secondary N) is 2. The van der Waals surface area contributed by atoms with E-state index in [4.69, 9.17) is 9.47 Å². The molecule has 0 saturated heterocycles. The average molecular weight is 513 g/mol. The molecule has 3 N–H and O–H groups in total. The number of aliphatic hydroxyl groups excluding tert-OH is 1. The van der Waals surface area contributed by atoms with Gasteiger partial charge in [-0.2, -0.15) is 0 Å². The molecule has 2 atom stereocenters. The van der Waals surface area contributed by atoms with E-state index in [1.165, 1.54) is 11.1 Å². The second kappa shape index (κ2) is 12.5. The molecule has 0 aromatic heterocycles. The van der Waals surface area contributed by atoms with Crippen LogP contribution < -0.4 is 20.1 Å². The predicted octanol–water partition coefficient (Wildman–Crippen LogP) is 3.98. The first-order valence-corrected chi connectivity index (χ1v) is 9.49. The summed E-state index contributed by atoms with van der Waals surface area (Å²) < 4.78 is 10.5. The lowest BCUT2D eigenvalue weighted by Gasteiger charge is -2.20. The van der Waals surface area contributed by atoms with Gasteiger partial charge < -0.3 is 25.2 Å². The lowest BCUT2D eigenvalue weighted by Crippen LogP contribution is -2.39. The minimum Gasteiger partial charge on any atom is -0.497 e. The fraction of sp³-hybridized carbons (Fsp3) is 0.409. The van der Waals surface area contributed by atoms with Gasteiger partial charge in [-0.25, -0.2) is 0 Å². The van der Waals surface area contributed by atoms with Crippen LogP contribution in [0.3, 0.4) is 0 Å². The maximum atomic E-state index is 10.6. The van der Waals surface area contributed by atoms with Gasteiger partial charge in [0.15, 0.2) is 5.96 Å². The molecule has 0 amide bonds. The van der Waals surface area contributed by atoms with Crippen molar-refractivity contribution >= 4 is 29.9 Å². The van der Waals surface area contributed by atoms with E-state index in [2.05, 4.69) is 41.6 Å². The van der Waals surface area contributed by atoms with E-state index in [9.17, 15) is 5.11 Å². The summed E-state index contributed by atoms with van der Waals surface area (Å²) in [5.41, 5.74) is 3.13. The number of halogens is 1. The number of aliphatic imine (C=N–C) groups is 1. The van der Waals surface area contributed by atoms with E-state index in [1.54, 1.807) is 32.4 Å². The molecule has 0 aliphatic heterocycles. The van der Waals surface area contributed by atoms with Gasteiger partial charge in [-0.05, 0) is 49.6 Å². The smallest absolute Gasteiger partial charge is 0.191 e. The molecule has 6 nitrogen and oxygen atoms in total. The minimum atomic E-state index is -0.770. The van der Waals surface area contributed by atoms with Crippen LogP contribution in [0.2, 0.25) is 0 Å². The molecular weight excluding hydrogens is 481 g/mol. The first kappa shape index (κ1) is 25.0. The first-order valence-electron chi connectivity index (χ1n) is 9.49. The fourth-order valence-electron chi connectivity index (χ4n) is 2.98. The van der Waals surface area contributed by atoms with E-state index in [1.807, 2.05) is 19.1 Å². The number of nitrogens with zero attached hydrogens (tertiary/aromatic N) is 1. The van der Waals surface area contributed by atoms with E-state index >= 15 is 0 Å². The van der Waals surface area contributed by atoms with Crippen LogP contribution in [0.4, 0.5) is 0 Å². The standard InChI is InChI=1S/C22H31N3O3.HI/c1-6-23-22(25-16(3)20-10-8-7-9-15(20)2)24-14-21(26)17-11-18(27-4)13-19(12-17)28-5;/h7-13,16,21,26H,6,14H2,1-5H3,(H2,23,24,25);1H. The number of guanidine groups is 1. The second-order valence-corrected chi connectivity index (χ2v) is 6.60. The van der Waals surface area contributed by atoms with Gasteiger partial charge in [0, 0.05) is 12.6 Å². The van der Waals surface area contributed by atoms with E-state index in [0.717, 1.165) is 6.54 Å². The van der Waals surface area contributed by atoms with Gasteiger partial charge in [0.25, 0.3) is 0 Å². The van der Waals surface area contributed by atoms with Crippen molar-refractivity contribution in [1.82, 2.24) is 10.6 Å². The highest BCUT2D eigenvalue weighted by molar-refractivity contribution is 14.0. The van der Waals surface area contributed by atoms with Crippen LogP contribution in [0, 0.1) is 6.92 Å². The molecule has 160 valence electrons. The SMILES string of the molecule is CCNC(=NCC(O)c1cc(OC)cc(OC)c1)NC(C)c1ccccc1C.I. The minimum absolute atomic E-state index is 0. The summed E-state index contributed by atoms with van der Waals surface area (Å²) in [6.07, 6.45) is -0.770. The Labute approximate surface area is 190 Å². The summed E-state index contributed by atoms with van der Waals surface area (Å²) in [4.78, 5) is 4.56. The van der Waals surface area contributed by atoms with Gasteiger partial charge in [0.2, 0.25) is 0 Å². The Balaban J connectivity index is 0.00000420. The zero-order valence-corrected chi connectivity index (χ0v) is 20.1. The highest BCUT2D eigenvalue weighted by Gasteiger charge is 2.13. The molecule has 0 aliphatic rings. The summed E-state index contributed by atoms with van der Waals surface area (Å²) in [5.74, 6) is 1.93. The highest BCUT2D eigenvalue weighted by Crippen LogP contribution is 2.26. The molecule has 29 heavy (non-hydrogen) atoms. The number of aliphatic hydroxyl groups is 1. The summed E-state index contributed by atoms with van der Waals surface area (Å²) in [6, 6.07) is 13.7. The van der Waals surface area contributed by atoms with Crippen molar-refractivity contribution in [3.05, 3.63) is 59.2 Å². The van der Waals surface area contributed by atoms with Gasteiger partial charge in [0.05, 0.1) is 32.9 Å². The van der Waals surface area contributed by atoms with Gasteiger partial charge >= 0.3 is 0 Å². The maximum absolute atomic E-state index is 10.6. The van der Waals surface area contributed by atoms with Crippen LogP contribution in [0.1, 0.15) is 42.7 Å². The number of rotatable bonds is 8. The third kappa shape index (κ3) is 7.40. The predicted molar refractivity (Wildman–Crippen MR) is 129 cm³/mol. The Morgan fingerprint density at radius 1 is 1.10 bits per heavy atom. The Bertz CT molecular complexity index is 776. The van der Waals surface area contributed by atoms with E-state index in [-0.39, 0.29) is 36.6 Å². The topological polar surface area (TPSA) is 75.1 Å². The van der Waals surface area contributed by atoms with Gasteiger partial charge in [-0.15, -0.1) is 24.0 Å². The monoisotopic (exact) mass is 513 g/mol. The number of hydrogen-bond acceptors (Lipinski definition) is 4. The zero-order chi connectivity index (χ0) is 20.5. The van der Waals surface area contributed by atoms with E-state index < -0.39 is 6.10 Å². The highest BCUT2D eigenvalue weighted by atomic mass is 127. The molecule has 0 saturated carbocycles. The van der Waals surface area contributed by atoms with Crippen LogP contribution in [0.5, 0.6) is 11.5 Å². The van der Waals surface area contributed by atoms with Crippen molar-refractivity contribution in [2.24, 2.45) is 4.99 Å². The van der Waals surface area contributed by atoms with Crippen molar-refractivity contribution in [3.63, 3.8) is 0 Å². The Kier molecular flexibility index (Phi) is 10.8. The third-order valence-electron chi connectivity index (χ3n) is 4.53. The molecule has 0 heterocycles. The van der Waals surface area contributed by atoms with Crippen molar-refractivity contribution in [2.45, 2.75) is 32.9 Å². The largest absolute Gasteiger partial charge is 0.497 e. The number of hydrogen-bond donors (Lipinski definition) is 3. The van der Waals surface area contributed by atoms with Crippen LogP contribution in [-0.4, -0.2) is 38.4 Å². The molecule has 7 heteroatoms. The molecule has 2 rings (SSSR count). The molecule has 0 spiro atoms. The fourth-order valence-corrected chi connectivity index (χ4v) is 2.98. The lowest BCUT2D eigenvalue weighted by molar-refractivity contribution is 0.186. The molecule has 0 bridgehead atoms. The molecule has 2 aromatic rings. The second-order valence-electron chi connectivity index (χ2n) is 6.60. The van der Waals surface area contributed by atoms with Gasteiger partial charge in [-0.3, -0.25) is 4.99 Å². The lowest BCUT2D eigenvalue weighted by atomic mass is 10.0. The summed E-state index contributed by atoms with van der Waals surface area (Å²) in [5, 5.41) is 17.2. The van der Waals surface area contributed by atoms with Crippen LogP contribution in [0.25, 0.3) is 0 Å². The zero-order valence-electron chi connectivity index (χ0n) is 17.7. The molecule has 2 unspecified atom stereocenters. The van der Waals surface area contributed by atoms with Crippen molar-refractivity contribution < 1.29 is 14.6 Å². The van der Waals surface area contributed by atoms with Crippen molar-refractivity contribution in [1.29, 1.82) is 0 Å². The Morgan fingerprint density at radius 3 is 2.28 bits per heavy atom. The summed E-state index contributed by atoms with van der Waals surface area (Å²) in [6.45, 7) is 7.15. The number of aryl methyl sites for hydroxylation is 1. The van der Waals surface area contributed by atoms with E-state index in [0.29, 0.717) is 23.0 Å². The molecule has 2 aromatic carbocycles. The average Bonchev–Trinajstić information content (AvgIpc) is 2.71. The number of ether oxygens (including phenoxy) is 2. The van der Waals surface area contributed by atoms with Gasteiger partial charge in [0.1, 0.15) is 11.5 Å². The van der Waals surface area contributed by atoms with Crippen LogP contribution >= 0.6 is 24.0 Å². The maximum Gasteiger partial charge on any atom is 0.191 e. The quantitative estimate of drug-likeness (QED) is 0.283. The molecule has 0 fully saturated rings. The van der Waals surface area contributed by atoms with Crippen molar-refractivity contribution in [2.75, 3.05) is 27.3 Å². The van der Waals surface area contributed by atoms with Gasteiger partial charge in [-0.1, -0.05) is 24.3 Å². The normalized spacial score (nSPS) is 13.1. The van der Waals surface area contributed by atoms with Crippen LogP contribution in [-0.2, 0) is 0 Å². The molecule has 0 radical (unpaired) electrons. The number of methoxy groups -OCH3 is 2. The Morgan fingerprint density at radius 2 is 1.72 bits per heavy atom. The molecular formula is C22H32IN3O3.